The second-order valence-corrected chi connectivity index (χ2v) is 9.43. The fourth-order valence-electron chi connectivity index (χ4n) is 4.54. The molecule has 0 aliphatic rings. The van der Waals surface area contributed by atoms with Gasteiger partial charge in [0, 0.05) is 11.6 Å². The summed E-state index contributed by atoms with van der Waals surface area (Å²) in [7, 11) is 3.01. The Kier molecular flexibility index (Phi) is 7.54. The average Bonchev–Trinajstić information content (AvgIpc) is 3.50. The van der Waals surface area contributed by atoms with Crippen LogP contribution in [-0.4, -0.2) is 29.3 Å². The number of benzene rings is 3. The fraction of sp³-hybridized carbons (Fsp3) is 0.194. The number of fused-ring (bicyclic) bond motifs is 1. The standard InChI is InChI=1S/C31H29N3O6/c1-20-6-8-21(9-7-20)18-33-26-16-28(39-3)27(38-2)15-25(26)30(36)34(31(33)37)19-22-10-12-23(13-11-22)29(35)32-17-24-5-4-14-40-24/h4-16H,17-19H2,1-3H3,(H,32,35). The number of nitrogens with zero attached hydrogens (tertiary/aromatic N) is 2. The van der Waals surface area contributed by atoms with Gasteiger partial charge in [0.15, 0.2) is 11.5 Å². The Balaban J connectivity index is 1.51. The molecule has 9 heteroatoms. The van der Waals surface area contributed by atoms with Crippen molar-refractivity contribution in [2.75, 3.05) is 14.2 Å². The normalized spacial score (nSPS) is 11.0. The first-order valence-electron chi connectivity index (χ1n) is 12.7. The Labute approximate surface area is 230 Å². The van der Waals surface area contributed by atoms with Crippen LogP contribution in [-0.2, 0) is 19.6 Å². The minimum Gasteiger partial charge on any atom is -0.493 e. The van der Waals surface area contributed by atoms with Gasteiger partial charge in [-0.1, -0.05) is 42.0 Å². The number of ether oxygens (including phenoxy) is 2. The second kappa shape index (κ2) is 11.4. The fourth-order valence-corrected chi connectivity index (χ4v) is 4.54. The van der Waals surface area contributed by atoms with Gasteiger partial charge in [0.1, 0.15) is 5.76 Å². The van der Waals surface area contributed by atoms with E-state index < -0.39 is 11.2 Å². The minimum atomic E-state index is -0.453. The first-order chi connectivity index (χ1) is 19.4. The third kappa shape index (κ3) is 5.40. The van der Waals surface area contributed by atoms with Gasteiger partial charge >= 0.3 is 5.69 Å². The summed E-state index contributed by atoms with van der Waals surface area (Å²) in [5, 5.41) is 3.13. The lowest BCUT2D eigenvalue weighted by molar-refractivity contribution is 0.0948. The van der Waals surface area contributed by atoms with Gasteiger partial charge < -0.3 is 19.2 Å². The topological polar surface area (TPSA) is 105 Å². The minimum absolute atomic E-state index is 0.0319. The number of amides is 1. The summed E-state index contributed by atoms with van der Waals surface area (Å²) in [6.45, 7) is 2.57. The van der Waals surface area contributed by atoms with Crippen molar-refractivity contribution >= 4 is 16.8 Å². The first kappa shape index (κ1) is 26.6. The number of furan rings is 1. The van der Waals surface area contributed by atoms with Crippen molar-refractivity contribution < 1.29 is 18.7 Å². The summed E-state index contributed by atoms with van der Waals surface area (Å²) in [6.07, 6.45) is 1.55. The number of rotatable bonds is 9. The van der Waals surface area contributed by atoms with Gasteiger partial charge in [-0.2, -0.15) is 0 Å². The first-order valence-corrected chi connectivity index (χ1v) is 12.7. The molecule has 0 fully saturated rings. The van der Waals surface area contributed by atoms with Gasteiger partial charge in [-0.05, 0) is 48.4 Å². The highest BCUT2D eigenvalue weighted by atomic mass is 16.5. The van der Waals surface area contributed by atoms with Crippen LogP contribution in [0.3, 0.4) is 0 Å². The van der Waals surface area contributed by atoms with Gasteiger partial charge in [0.2, 0.25) is 0 Å². The average molecular weight is 540 g/mol. The van der Waals surface area contributed by atoms with E-state index in [9.17, 15) is 14.4 Å². The Hall–Kier alpha value is -5.05. The van der Waals surface area contributed by atoms with E-state index in [1.54, 1.807) is 59.4 Å². The number of aromatic nitrogens is 2. The van der Waals surface area contributed by atoms with Crippen molar-refractivity contribution in [2.45, 2.75) is 26.6 Å². The smallest absolute Gasteiger partial charge is 0.332 e. The predicted molar refractivity (Wildman–Crippen MR) is 151 cm³/mol. The van der Waals surface area contributed by atoms with Crippen LogP contribution in [0.25, 0.3) is 10.9 Å². The molecule has 3 aromatic carbocycles. The molecule has 2 heterocycles. The largest absolute Gasteiger partial charge is 0.493 e. The molecule has 9 nitrogen and oxygen atoms in total. The molecule has 0 spiro atoms. The van der Waals surface area contributed by atoms with Crippen molar-refractivity contribution in [2.24, 2.45) is 0 Å². The number of hydrogen-bond acceptors (Lipinski definition) is 6. The number of methoxy groups -OCH3 is 2. The van der Waals surface area contributed by atoms with Gasteiger partial charge in [-0.15, -0.1) is 0 Å². The Morgan fingerprint density at radius 2 is 1.48 bits per heavy atom. The van der Waals surface area contributed by atoms with Gasteiger partial charge in [-0.3, -0.25) is 18.7 Å². The monoisotopic (exact) mass is 539 g/mol. The number of carbonyl (C=O) groups is 1. The molecule has 0 radical (unpaired) electrons. The van der Waals surface area contributed by atoms with Crippen molar-refractivity contribution in [3.8, 4) is 11.5 Å². The Bertz CT molecular complexity index is 1770. The van der Waals surface area contributed by atoms with E-state index in [0.717, 1.165) is 11.1 Å². The summed E-state index contributed by atoms with van der Waals surface area (Å²) < 4.78 is 18.9. The molecule has 0 saturated heterocycles. The molecule has 0 saturated carbocycles. The molecular formula is C31H29N3O6. The quantitative estimate of drug-likeness (QED) is 0.302. The molecule has 0 aliphatic heterocycles. The van der Waals surface area contributed by atoms with Gasteiger partial charge in [-0.25, -0.2) is 4.79 Å². The van der Waals surface area contributed by atoms with E-state index in [1.807, 2.05) is 31.2 Å². The summed E-state index contributed by atoms with van der Waals surface area (Å²) in [5.41, 5.74) is 2.73. The molecule has 1 N–H and O–H groups in total. The summed E-state index contributed by atoms with van der Waals surface area (Å²) in [4.78, 5) is 39.9. The van der Waals surface area contributed by atoms with Crippen molar-refractivity contribution in [1.29, 1.82) is 0 Å². The van der Waals surface area contributed by atoms with E-state index >= 15 is 0 Å². The number of nitrogens with one attached hydrogen (secondary N) is 1. The zero-order valence-corrected chi connectivity index (χ0v) is 22.5. The molecule has 1 amide bonds. The summed E-state index contributed by atoms with van der Waals surface area (Å²) in [6, 6.07) is 21.5. The second-order valence-electron chi connectivity index (χ2n) is 9.43. The molecule has 204 valence electrons. The molecule has 5 aromatic rings. The van der Waals surface area contributed by atoms with Crippen LogP contribution in [0.1, 0.15) is 32.8 Å². The van der Waals surface area contributed by atoms with E-state index in [0.29, 0.717) is 39.3 Å². The van der Waals surface area contributed by atoms with Crippen LogP contribution in [0.15, 0.2) is 93.1 Å². The Morgan fingerprint density at radius 3 is 2.10 bits per heavy atom. The molecule has 2 aromatic heterocycles. The Morgan fingerprint density at radius 1 is 0.850 bits per heavy atom. The summed E-state index contributed by atoms with van der Waals surface area (Å²) >= 11 is 0. The highest BCUT2D eigenvalue weighted by Gasteiger charge is 2.18. The van der Waals surface area contributed by atoms with Crippen LogP contribution in [0, 0.1) is 6.92 Å². The lowest BCUT2D eigenvalue weighted by atomic mass is 10.1. The summed E-state index contributed by atoms with van der Waals surface area (Å²) in [5.74, 6) is 1.21. The van der Waals surface area contributed by atoms with Gasteiger partial charge in [0.05, 0.1) is 51.0 Å². The number of aryl methyl sites for hydroxylation is 1. The van der Waals surface area contributed by atoms with Gasteiger partial charge in [0.25, 0.3) is 11.5 Å². The molecule has 0 atom stereocenters. The number of carbonyl (C=O) groups excluding carboxylic acids is 1. The van der Waals surface area contributed by atoms with E-state index in [2.05, 4.69) is 5.32 Å². The molecule has 40 heavy (non-hydrogen) atoms. The molecule has 0 bridgehead atoms. The zero-order chi connectivity index (χ0) is 28.2. The van der Waals surface area contributed by atoms with Crippen LogP contribution < -0.4 is 26.0 Å². The van der Waals surface area contributed by atoms with Crippen molar-refractivity contribution in [3.63, 3.8) is 0 Å². The van der Waals surface area contributed by atoms with E-state index in [4.69, 9.17) is 13.9 Å². The van der Waals surface area contributed by atoms with Crippen LogP contribution in [0.5, 0.6) is 11.5 Å². The van der Waals surface area contributed by atoms with Crippen molar-refractivity contribution in [1.82, 2.24) is 14.5 Å². The number of hydrogen-bond donors (Lipinski definition) is 1. The maximum absolute atomic E-state index is 13.8. The zero-order valence-electron chi connectivity index (χ0n) is 22.5. The van der Waals surface area contributed by atoms with E-state index in [-0.39, 0.29) is 25.5 Å². The van der Waals surface area contributed by atoms with Crippen LogP contribution >= 0.6 is 0 Å². The lowest BCUT2D eigenvalue weighted by Gasteiger charge is -2.17. The lowest BCUT2D eigenvalue weighted by Crippen LogP contribution is -2.40. The predicted octanol–water partition coefficient (Wildman–Crippen LogP) is 4.11. The third-order valence-corrected chi connectivity index (χ3v) is 6.75. The van der Waals surface area contributed by atoms with Crippen LogP contribution in [0.2, 0.25) is 0 Å². The highest BCUT2D eigenvalue weighted by molar-refractivity contribution is 5.94. The van der Waals surface area contributed by atoms with Crippen LogP contribution in [0.4, 0.5) is 0 Å². The maximum atomic E-state index is 13.8. The maximum Gasteiger partial charge on any atom is 0.332 e. The molecule has 0 aliphatic carbocycles. The highest BCUT2D eigenvalue weighted by Crippen LogP contribution is 2.30. The molecule has 5 rings (SSSR count). The molecule has 0 unspecified atom stereocenters. The van der Waals surface area contributed by atoms with Crippen molar-refractivity contribution in [3.05, 3.63) is 128 Å². The third-order valence-electron chi connectivity index (χ3n) is 6.75. The molecular weight excluding hydrogens is 510 g/mol. The SMILES string of the molecule is COc1cc2c(=O)n(Cc3ccc(C(=O)NCc4ccco4)cc3)c(=O)n(Cc3ccc(C)cc3)c2cc1OC. The van der Waals surface area contributed by atoms with E-state index in [1.165, 1.54) is 18.8 Å².